The molecule has 4 nitrogen and oxygen atoms in total. The minimum absolute atomic E-state index is 0.134. The Labute approximate surface area is 112 Å². The van der Waals surface area contributed by atoms with Crippen molar-refractivity contribution in [3.05, 3.63) is 28.8 Å². The van der Waals surface area contributed by atoms with Gasteiger partial charge in [-0.3, -0.25) is 0 Å². The molecule has 0 bridgehead atoms. The van der Waals surface area contributed by atoms with E-state index in [-0.39, 0.29) is 15.5 Å². The van der Waals surface area contributed by atoms with Crippen LogP contribution < -0.4 is 0 Å². The number of hydrogen-bond donors (Lipinski definition) is 0. The lowest BCUT2D eigenvalue weighted by molar-refractivity contribution is 0.453. The lowest BCUT2D eigenvalue weighted by atomic mass is 10.2. The average Bonchev–Trinajstić information content (AvgIpc) is 3.12. The van der Waals surface area contributed by atoms with Gasteiger partial charge in [-0.2, -0.15) is 5.26 Å². The maximum Gasteiger partial charge on any atom is 0.242 e. The third-order valence-electron chi connectivity index (χ3n) is 2.98. The van der Waals surface area contributed by atoms with Crippen LogP contribution in [-0.2, 0) is 10.0 Å². The third kappa shape index (κ3) is 2.66. The Morgan fingerprint density at radius 2 is 2.17 bits per heavy atom. The smallest absolute Gasteiger partial charge is 0.207 e. The first-order valence-corrected chi connectivity index (χ1v) is 7.43. The van der Waals surface area contributed by atoms with Crippen molar-refractivity contribution in [3.8, 4) is 6.07 Å². The number of nitrogens with zero attached hydrogens (tertiary/aromatic N) is 2. The summed E-state index contributed by atoms with van der Waals surface area (Å²) in [4.78, 5) is 0.134. The predicted molar refractivity (Wildman–Crippen MR) is 68.7 cm³/mol. The quantitative estimate of drug-likeness (QED) is 0.852. The van der Waals surface area contributed by atoms with Gasteiger partial charge in [0.1, 0.15) is 6.07 Å². The van der Waals surface area contributed by atoms with E-state index in [1.165, 1.54) is 22.5 Å². The van der Waals surface area contributed by atoms with Crippen molar-refractivity contribution in [1.29, 1.82) is 5.26 Å². The topological polar surface area (TPSA) is 61.2 Å². The van der Waals surface area contributed by atoms with E-state index in [2.05, 4.69) is 0 Å². The van der Waals surface area contributed by atoms with E-state index in [0.717, 1.165) is 12.8 Å². The Morgan fingerprint density at radius 1 is 1.50 bits per heavy atom. The Morgan fingerprint density at radius 3 is 2.67 bits per heavy atom. The van der Waals surface area contributed by atoms with Gasteiger partial charge in [-0.25, -0.2) is 12.7 Å². The molecule has 1 aromatic rings. The monoisotopic (exact) mass is 284 g/mol. The van der Waals surface area contributed by atoms with Gasteiger partial charge in [-0.15, -0.1) is 0 Å². The van der Waals surface area contributed by atoms with Gasteiger partial charge in [0.25, 0.3) is 0 Å². The molecule has 0 atom stereocenters. The fourth-order valence-corrected chi connectivity index (χ4v) is 3.25. The van der Waals surface area contributed by atoms with Crippen LogP contribution in [0.25, 0.3) is 0 Å². The summed E-state index contributed by atoms with van der Waals surface area (Å²) in [5, 5.41) is 8.92. The van der Waals surface area contributed by atoms with E-state index in [9.17, 15) is 8.42 Å². The molecule has 2 rings (SSSR count). The van der Waals surface area contributed by atoms with Crippen molar-refractivity contribution in [2.45, 2.75) is 17.7 Å². The predicted octanol–water partition coefficient (Wildman–Crippen LogP) is 2.24. The summed E-state index contributed by atoms with van der Waals surface area (Å²) in [5.74, 6) is 0.485. The number of benzene rings is 1. The summed E-state index contributed by atoms with van der Waals surface area (Å²) < 4.78 is 25.8. The third-order valence-corrected chi connectivity index (χ3v) is 5.11. The Hall–Kier alpha value is -1.09. The summed E-state index contributed by atoms with van der Waals surface area (Å²) in [6.07, 6.45) is 2.18. The van der Waals surface area contributed by atoms with Gasteiger partial charge in [-0.05, 0) is 37.0 Å². The molecule has 1 aromatic carbocycles. The maximum atomic E-state index is 12.2. The molecule has 18 heavy (non-hydrogen) atoms. The molecule has 1 saturated carbocycles. The molecule has 0 spiro atoms. The second-order valence-electron chi connectivity index (χ2n) is 4.48. The fourth-order valence-electron chi connectivity index (χ4n) is 1.69. The van der Waals surface area contributed by atoms with Gasteiger partial charge in [0.2, 0.25) is 10.0 Å². The van der Waals surface area contributed by atoms with Gasteiger partial charge in [0.05, 0.1) is 15.5 Å². The van der Waals surface area contributed by atoms with Gasteiger partial charge in [0.15, 0.2) is 0 Å². The molecular weight excluding hydrogens is 272 g/mol. The van der Waals surface area contributed by atoms with Crippen LogP contribution in [0.4, 0.5) is 0 Å². The summed E-state index contributed by atoms with van der Waals surface area (Å²) >= 11 is 5.85. The second kappa shape index (κ2) is 4.88. The molecule has 0 heterocycles. The minimum Gasteiger partial charge on any atom is -0.207 e. The first kappa shape index (κ1) is 13.3. The number of sulfonamides is 1. The van der Waals surface area contributed by atoms with Gasteiger partial charge in [-0.1, -0.05) is 11.6 Å². The normalized spacial score (nSPS) is 15.7. The van der Waals surface area contributed by atoms with E-state index in [1.807, 2.05) is 6.07 Å². The average molecular weight is 285 g/mol. The zero-order valence-electron chi connectivity index (χ0n) is 9.93. The molecule has 0 aromatic heterocycles. The standard InChI is InChI=1S/C12H13ClN2O2S/c1-15(8-9-2-3-9)18(16,17)11-5-4-10(7-14)12(13)6-11/h4-6,9H,2-3,8H2,1H3. The van der Waals surface area contributed by atoms with Crippen LogP contribution >= 0.6 is 11.6 Å². The molecule has 0 saturated heterocycles. The summed E-state index contributed by atoms with van der Waals surface area (Å²) in [6, 6.07) is 6.09. The first-order valence-electron chi connectivity index (χ1n) is 5.61. The van der Waals surface area contributed by atoms with Crippen molar-refractivity contribution >= 4 is 21.6 Å². The molecule has 1 aliphatic carbocycles. The van der Waals surface area contributed by atoms with Crippen LogP contribution in [0.15, 0.2) is 23.1 Å². The van der Waals surface area contributed by atoms with Crippen LogP contribution in [0.1, 0.15) is 18.4 Å². The van der Waals surface area contributed by atoms with Crippen molar-refractivity contribution in [2.75, 3.05) is 13.6 Å². The molecule has 1 fully saturated rings. The Bertz CT molecular complexity index is 603. The summed E-state index contributed by atoms with van der Waals surface area (Å²) in [5.41, 5.74) is 0.278. The largest absolute Gasteiger partial charge is 0.242 e. The van der Waals surface area contributed by atoms with Crippen LogP contribution in [-0.4, -0.2) is 26.3 Å². The molecule has 0 unspecified atom stereocenters. The lowest BCUT2D eigenvalue weighted by Gasteiger charge is -2.17. The summed E-state index contributed by atoms with van der Waals surface area (Å²) in [7, 11) is -1.93. The molecule has 1 aliphatic rings. The highest BCUT2D eigenvalue weighted by molar-refractivity contribution is 7.89. The highest BCUT2D eigenvalue weighted by atomic mass is 35.5. The van der Waals surface area contributed by atoms with E-state index < -0.39 is 10.0 Å². The highest BCUT2D eigenvalue weighted by Gasteiger charge is 2.29. The molecule has 96 valence electrons. The molecule has 6 heteroatoms. The molecular formula is C12H13ClN2O2S. The van der Waals surface area contributed by atoms with Crippen LogP contribution in [0.5, 0.6) is 0 Å². The number of rotatable bonds is 4. The molecule has 0 radical (unpaired) electrons. The van der Waals surface area contributed by atoms with Crippen molar-refractivity contribution in [2.24, 2.45) is 5.92 Å². The van der Waals surface area contributed by atoms with Crippen molar-refractivity contribution < 1.29 is 8.42 Å². The molecule has 0 N–H and O–H groups in total. The second-order valence-corrected chi connectivity index (χ2v) is 6.93. The van der Waals surface area contributed by atoms with Crippen molar-refractivity contribution in [1.82, 2.24) is 4.31 Å². The SMILES string of the molecule is CN(CC1CC1)S(=O)(=O)c1ccc(C#N)c(Cl)c1. The lowest BCUT2D eigenvalue weighted by Crippen LogP contribution is -2.28. The van der Waals surface area contributed by atoms with Gasteiger partial charge in [0, 0.05) is 13.6 Å². The summed E-state index contributed by atoms with van der Waals surface area (Å²) in [6.45, 7) is 0.542. The van der Waals surface area contributed by atoms with E-state index in [1.54, 1.807) is 7.05 Å². The number of halogens is 1. The van der Waals surface area contributed by atoms with Crippen LogP contribution in [0.2, 0.25) is 5.02 Å². The minimum atomic E-state index is -3.50. The van der Waals surface area contributed by atoms with Crippen molar-refractivity contribution in [3.63, 3.8) is 0 Å². The zero-order valence-corrected chi connectivity index (χ0v) is 11.5. The van der Waals surface area contributed by atoms with E-state index in [0.29, 0.717) is 12.5 Å². The number of hydrogen-bond acceptors (Lipinski definition) is 3. The van der Waals surface area contributed by atoms with Crippen LogP contribution in [0, 0.1) is 17.2 Å². The van der Waals surface area contributed by atoms with E-state index in [4.69, 9.17) is 16.9 Å². The van der Waals surface area contributed by atoms with Gasteiger partial charge >= 0.3 is 0 Å². The van der Waals surface area contributed by atoms with Gasteiger partial charge < -0.3 is 0 Å². The van der Waals surface area contributed by atoms with Crippen LogP contribution in [0.3, 0.4) is 0 Å². The fraction of sp³-hybridized carbons (Fsp3) is 0.417. The maximum absolute atomic E-state index is 12.2. The first-order chi connectivity index (χ1) is 8.45. The molecule has 0 amide bonds. The Kier molecular flexibility index (Phi) is 3.62. The highest BCUT2D eigenvalue weighted by Crippen LogP contribution is 2.31. The zero-order chi connectivity index (χ0) is 13.3. The number of nitriles is 1. The molecule has 0 aliphatic heterocycles. The Balaban J connectivity index is 2.29. The van der Waals surface area contributed by atoms with E-state index >= 15 is 0 Å².